The highest BCUT2D eigenvalue weighted by molar-refractivity contribution is 5.69. The van der Waals surface area contributed by atoms with Crippen LogP contribution in [0.2, 0.25) is 0 Å². The first-order valence-corrected chi connectivity index (χ1v) is 6.15. The minimum atomic E-state index is -0.836. The molecule has 1 unspecified atom stereocenters. The van der Waals surface area contributed by atoms with Gasteiger partial charge in [-0.2, -0.15) is 5.26 Å². The lowest BCUT2D eigenvalue weighted by Gasteiger charge is -2.26. The van der Waals surface area contributed by atoms with E-state index in [-0.39, 0.29) is 0 Å². The van der Waals surface area contributed by atoms with Crippen LogP contribution in [0.15, 0.2) is 0 Å². The van der Waals surface area contributed by atoms with Gasteiger partial charge in [-0.05, 0) is 34.1 Å². The van der Waals surface area contributed by atoms with Crippen molar-refractivity contribution in [3.63, 3.8) is 0 Å². The molecule has 0 spiro atoms. The molecule has 0 rings (SSSR count). The molecular formula is C13H24N2O2. The molecule has 0 fully saturated rings. The minimum Gasteiger partial charge on any atom is -0.444 e. The smallest absolute Gasteiger partial charge is 0.408 e. The Hall–Kier alpha value is -1.24. The second-order valence-corrected chi connectivity index (χ2v) is 5.53. The van der Waals surface area contributed by atoms with Crippen LogP contribution in [0.25, 0.3) is 0 Å². The van der Waals surface area contributed by atoms with Gasteiger partial charge in [0.2, 0.25) is 0 Å². The number of nitrogens with zero attached hydrogens (tertiary/aromatic N) is 1. The van der Waals surface area contributed by atoms with Crippen LogP contribution in [-0.2, 0) is 4.74 Å². The van der Waals surface area contributed by atoms with Crippen molar-refractivity contribution >= 4 is 6.09 Å². The zero-order valence-electron chi connectivity index (χ0n) is 11.6. The Balaban J connectivity index is 4.29. The number of carbonyl (C=O) groups excluding carboxylic acids is 1. The van der Waals surface area contributed by atoms with E-state index in [1.807, 2.05) is 0 Å². The monoisotopic (exact) mass is 240 g/mol. The molecule has 1 atom stereocenters. The van der Waals surface area contributed by atoms with Crippen LogP contribution in [0.1, 0.15) is 60.3 Å². The predicted octanol–water partition coefficient (Wildman–Crippen LogP) is 3.37. The first kappa shape index (κ1) is 15.8. The molecule has 0 heterocycles. The van der Waals surface area contributed by atoms with E-state index in [1.54, 1.807) is 27.7 Å². The molecule has 0 radical (unpaired) electrons. The summed E-state index contributed by atoms with van der Waals surface area (Å²) in [5.41, 5.74) is -1.37. The average Bonchev–Trinajstić information content (AvgIpc) is 2.15. The number of nitrogens with one attached hydrogen (secondary N) is 1. The molecule has 0 saturated heterocycles. The predicted molar refractivity (Wildman–Crippen MR) is 67.5 cm³/mol. The number of alkyl carbamates (subject to hydrolysis) is 1. The van der Waals surface area contributed by atoms with E-state index in [0.29, 0.717) is 6.42 Å². The lowest BCUT2D eigenvalue weighted by Crippen LogP contribution is -2.46. The van der Waals surface area contributed by atoms with Crippen LogP contribution < -0.4 is 5.32 Å². The standard InChI is InChI=1S/C13H24N2O2/c1-6-7-8-9-13(5,10-14)15-11(16)17-12(2,3)4/h6-9H2,1-5H3,(H,15,16). The van der Waals surface area contributed by atoms with Crippen LogP contribution in [0.3, 0.4) is 0 Å². The maximum Gasteiger partial charge on any atom is 0.408 e. The fourth-order valence-electron chi connectivity index (χ4n) is 1.40. The van der Waals surface area contributed by atoms with E-state index >= 15 is 0 Å². The van der Waals surface area contributed by atoms with Crippen molar-refractivity contribution in [2.24, 2.45) is 0 Å². The van der Waals surface area contributed by atoms with Crippen molar-refractivity contribution in [3.05, 3.63) is 0 Å². The van der Waals surface area contributed by atoms with Gasteiger partial charge in [-0.15, -0.1) is 0 Å². The maximum absolute atomic E-state index is 11.6. The van der Waals surface area contributed by atoms with Crippen LogP contribution in [0.5, 0.6) is 0 Å². The second kappa shape index (κ2) is 6.48. The number of amides is 1. The Bertz CT molecular complexity index is 289. The molecule has 0 aliphatic carbocycles. The molecular weight excluding hydrogens is 216 g/mol. The SMILES string of the molecule is CCCCCC(C)(C#N)NC(=O)OC(C)(C)C. The highest BCUT2D eigenvalue weighted by Gasteiger charge is 2.28. The van der Waals surface area contributed by atoms with Crippen molar-refractivity contribution in [3.8, 4) is 6.07 Å². The van der Waals surface area contributed by atoms with Gasteiger partial charge in [0.05, 0.1) is 6.07 Å². The zero-order valence-corrected chi connectivity index (χ0v) is 11.6. The summed E-state index contributed by atoms with van der Waals surface area (Å²) in [6, 6.07) is 2.14. The number of ether oxygens (including phenoxy) is 1. The van der Waals surface area contributed by atoms with Crippen LogP contribution in [0, 0.1) is 11.3 Å². The van der Waals surface area contributed by atoms with Crippen molar-refractivity contribution < 1.29 is 9.53 Å². The fourth-order valence-corrected chi connectivity index (χ4v) is 1.40. The van der Waals surface area contributed by atoms with E-state index in [2.05, 4.69) is 18.3 Å². The molecule has 4 heteroatoms. The number of hydrogen-bond acceptors (Lipinski definition) is 3. The number of hydrogen-bond donors (Lipinski definition) is 1. The summed E-state index contributed by atoms with van der Waals surface area (Å²) < 4.78 is 5.14. The molecule has 0 aromatic heterocycles. The van der Waals surface area contributed by atoms with Gasteiger partial charge in [0.25, 0.3) is 0 Å². The minimum absolute atomic E-state index is 0.530. The van der Waals surface area contributed by atoms with Crippen molar-refractivity contribution in [2.75, 3.05) is 0 Å². The van der Waals surface area contributed by atoms with E-state index < -0.39 is 17.2 Å². The molecule has 0 aromatic rings. The van der Waals surface area contributed by atoms with Gasteiger partial charge < -0.3 is 10.1 Å². The molecule has 0 saturated carbocycles. The van der Waals surface area contributed by atoms with E-state index in [1.165, 1.54) is 0 Å². The Kier molecular flexibility index (Phi) is 6.01. The molecule has 98 valence electrons. The molecule has 1 N–H and O–H groups in total. The summed E-state index contributed by atoms with van der Waals surface area (Å²) in [7, 11) is 0. The molecule has 0 bridgehead atoms. The third-order valence-corrected chi connectivity index (χ3v) is 2.30. The highest BCUT2D eigenvalue weighted by atomic mass is 16.6. The second-order valence-electron chi connectivity index (χ2n) is 5.53. The Labute approximate surface area is 104 Å². The third-order valence-electron chi connectivity index (χ3n) is 2.30. The largest absolute Gasteiger partial charge is 0.444 e. The van der Waals surface area contributed by atoms with Gasteiger partial charge in [0, 0.05) is 0 Å². The molecule has 0 aliphatic heterocycles. The summed E-state index contributed by atoms with van der Waals surface area (Å²) >= 11 is 0. The Morgan fingerprint density at radius 1 is 1.29 bits per heavy atom. The van der Waals surface area contributed by atoms with E-state index in [0.717, 1.165) is 19.3 Å². The van der Waals surface area contributed by atoms with Crippen molar-refractivity contribution in [2.45, 2.75) is 71.4 Å². The molecule has 0 aromatic carbocycles. The number of nitriles is 1. The quantitative estimate of drug-likeness (QED) is 0.749. The summed E-state index contributed by atoms with van der Waals surface area (Å²) in [5.74, 6) is 0. The molecule has 0 aliphatic rings. The summed E-state index contributed by atoms with van der Waals surface area (Å²) in [6.07, 6.45) is 3.20. The van der Waals surface area contributed by atoms with Gasteiger partial charge >= 0.3 is 6.09 Å². The van der Waals surface area contributed by atoms with Gasteiger partial charge in [-0.25, -0.2) is 4.79 Å². The van der Waals surface area contributed by atoms with Crippen LogP contribution >= 0.6 is 0 Å². The first-order chi connectivity index (χ1) is 7.72. The normalized spacial score (nSPS) is 14.6. The average molecular weight is 240 g/mol. The Morgan fingerprint density at radius 3 is 2.29 bits per heavy atom. The number of rotatable bonds is 5. The van der Waals surface area contributed by atoms with Gasteiger partial charge in [0.15, 0.2) is 0 Å². The van der Waals surface area contributed by atoms with Crippen molar-refractivity contribution in [1.82, 2.24) is 5.32 Å². The zero-order chi connectivity index (χ0) is 13.5. The Morgan fingerprint density at radius 2 is 1.88 bits per heavy atom. The first-order valence-electron chi connectivity index (χ1n) is 6.15. The van der Waals surface area contributed by atoms with E-state index in [4.69, 9.17) is 10.00 Å². The van der Waals surface area contributed by atoms with Gasteiger partial charge in [-0.1, -0.05) is 26.2 Å². The van der Waals surface area contributed by atoms with Crippen molar-refractivity contribution in [1.29, 1.82) is 5.26 Å². The van der Waals surface area contributed by atoms with Gasteiger partial charge in [0.1, 0.15) is 11.1 Å². The summed E-state index contributed by atoms with van der Waals surface area (Å²) in [4.78, 5) is 11.6. The molecule has 4 nitrogen and oxygen atoms in total. The topological polar surface area (TPSA) is 62.1 Å². The molecule has 1 amide bonds. The number of carbonyl (C=O) groups is 1. The lowest BCUT2D eigenvalue weighted by atomic mass is 9.96. The maximum atomic E-state index is 11.6. The third kappa shape index (κ3) is 7.62. The summed E-state index contributed by atoms with van der Waals surface area (Å²) in [6.45, 7) is 9.23. The molecule has 17 heavy (non-hydrogen) atoms. The van der Waals surface area contributed by atoms with E-state index in [9.17, 15) is 4.79 Å². The van der Waals surface area contributed by atoms with Crippen LogP contribution in [0.4, 0.5) is 4.79 Å². The summed E-state index contributed by atoms with van der Waals surface area (Å²) in [5, 5.41) is 11.7. The number of unbranched alkanes of at least 4 members (excludes halogenated alkanes) is 2. The fraction of sp³-hybridized carbons (Fsp3) is 0.846. The van der Waals surface area contributed by atoms with Gasteiger partial charge in [-0.3, -0.25) is 0 Å². The lowest BCUT2D eigenvalue weighted by molar-refractivity contribution is 0.0482. The highest BCUT2D eigenvalue weighted by Crippen LogP contribution is 2.15. The van der Waals surface area contributed by atoms with Crippen LogP contribution in [-0.4, -0.2) is 17.2 Å².